The lowest BCUT2D eigenvalue weighted by molar-refractivity contribution is -0.158. The third-order valence-corrected chi connectivity index (χ3v) is 4.23. The molecule has 25 heavy (non-hydrogen) atoms. The molecule has 1 saturated heterocycles. The first-order chi connectivity index (χ1) is 12.0. The monoisotopic (exact) mass is 343 g/mol. The number of carbonyl (C=O) groups is 2. The zero-order valence-corrected chi connectivity index (χ0v) is 14.3. The number of carbonyl (C=O) groups excluding carboxylic acids is 2. The molecule has 1 aromatic carbocycles. The molecule has 2 heterocycles. The van der Waals surface area contributed by atoms with Gasteiger partial charge in [0.15, 0.2) is 11.9 Å². The normalized spacial score (nSPS) is 18.2. The maximum absolute atomic E-state index is 12.6. The van der Waals surface area contributed by atoms with Crippen LogP contribution in [-0.4, -0.2) is 39.5 Å². The van der Waals surface area contributed by atoms with Crippen molar-refractivity contribution in [2.24, 2.45) is 0 Å². The van der Waals surface area contributed by atoms with Crippen LogP contribution in [0.4, 0.5) is 0 Å². The van der Waals surface area contributed by atoms with Gasteiger partial charge in [0.25, 0.3) is 5.89 Å². The Hall–Kier alpha value is -2.70. The Labute approximate surface area is 146 Å². The lowest BCUT2D eigenvalue weighted by Gasteiger charge is -2.24. The van der Waals surface area contributed by atoms with E-state index < -0.39 is 18.1 Å². The zero-order valence-electron chi connectivity index (χ0n) is 14.3. The highest BCUT2D eigenvalue weighted by Crippen LogP contribution is 2.23. The molecule has 0 bridgehead atoms. The van der Waals surface area contributed by atoms with E-state index in [0.29, 0.717) is 18.8 Å². The number of rotatable bonds is 5. The SMILES string of the molecule is Cc1noc([C@@H](C)OC(=O)[C@@H]2CCCN2C(=O)Cc2ccccc2)n1. The van der Waals surface area contributed by atoms with Gasteiger partial charge >= 0.3 is 5.97 Å². The number of likely N-dealkylation sites (tertiary alicyclic amines) is 1. The van der Waals surface area contributed by atoms with Crippen molar-refractivity contribution >= 4 is 11.9 Å². The predicted octanol–water partition coefficient (Wildman–Crippen LogP) is 2.22. The molecule has 1 fully saturated rings. The van der Waals surface area contributed by atoms with Crippen molar-refractivity contribution in [1.29, 1.82) is 0 Å². The van der Waals surface area contributed by atoms with Gasteiger partial charge in [-0.1, -0.05) is 35.5 Å². The Morgan fingerprint density at radius 3 is 2.80 bits per heavy atom. The minimum Gasteiger partial charge on any atom is -0.451 e. The van der Waals surface area contributed by atoms with Crippen molar-refractivity contribution in [3.63, 3.8) is 0 Å². The van der Waals surface area contributed by atoms with E-state index in [0.717, 1.165) is 12.0 Å². The fourth-order valence-corrected chi connectivity index (χ4v) is 2.96. The summed E-state index contributed by atoms with van der Waals surface area (Å²) in [5.74, 6) is 0.249. The summed E-state index contributed by atoms with van der Waals surface area (Å²) in [6, 6.07) is 8.95. The first-order valence-electron chi connectivity index (χ1n) is 8.38. The summed E-state index contributed by atoms with van der Waals surface area (Å²) in [6.07, 6.45) is 1.03. The lowest BCUT2D eigenvalue weighted by atomic mass is 10.1. The quantitative estimate of drug-likeness (QED) is 0.774. The molecule has 132 valence electrons. The first kappa shape index (κ1) is 17.1. The molecule has 7 nitrogen and oxygen atoms in total. The van der Waals surface area contributed by atoms with Gasteiger partial charge in [0, 0.05) is 6.54 Å². The highest BCUT2D eigenvalue weighted by molar-refractivity contribution is 5.86. The molecule has 3 rings (SSSR count). The standard InChI is InChI=1S/C18H21N3O4/c1-12(17-19-13(2)20-25-17)24-18(23)15-9-6-10-21(15)16(22)11-14-7-4-3-5-8-14/h3-5,7-8,12,15H,6,9-11H2,1-2H3/t12-,15+/m1/s1. The van der Waals surface area contributed by atoms with E-state index in [4.69, 9.17) is 9.26 Å². The maximum atomic E-state index is 12.6. The van der Waals surface area contributed by atoms with Crippen LogP contribution in [0.2, 0.25) is 0 Å². The van der Waals surface area contributed by atoms with Gasteiger partial charge < -0.3 is 14.2 Å². The van der Waals surface area contributed by atoms with Crippen LogP contribution in [0.3, 0.4) is 0 Å². The zero-order chi connectivity index (χ0) is 17.8. The molecule has 1 aliphatic heterocycles. The second-order valence-electron chi connectivity index (χ2n) is 6.17. The second kappa shape index (κ2) is 7.46. The Bertz CT molecular complexity index is 744. The van der Waals surface area contributed by atoms with Gasteiger partial charge in [-0.3, -0.25) is 4.79 Å². The number of hydrogen-bond donors (Lipinski definition) is 0. The van der Waals surface area contributed by atoms with Crippen molar-refractivity contribution in [1.82, 2.24) is 15.0 Å². The van der Waals surface area contributed by atoms with Gasteiger partial charge in [0.2, 0.25) is 5.91 Å². The summed E-state index contributed by atoms with van der Waals surface area (Å²) in [5, 5.41) is 3.69. The van der Waals surface area contributed by atoms with Crippen LogP contribution in [0.5, 0.6) is 0 Å². The first-order valence-corrected chi connectivity index (χ1v) is 8.38. The highest BCUT2D eigenvalue weighted by Gasteiger charge is 2.36. The van der Waals surface area contributed by atoms with Crippen LogP contribution < -0.4 is 0 Å². The van der Waals surface area contributed by atoms with Gasteiger partial charge in [0.05, 0.1) is 6.42 Å². The van der Waals surface area contributed by atoms with E-state index >= 15 is 0 Å². The van der Waals surface area contributed by atoms with E-state index in [-0.39, 0.29) is 18.2 Å². The molecule has 0 radical (unpaired) electrons. The number of hydrogen-bond acceptors (Lipinski definition) is 6. The van der Waals surface area contributed by atoms with Crippen LogP contribution in [0.15, 0.2) is 34.9 Å². The maximum Gasteiger partial charge on any atom is 0.329 e. The Morgan fingerprint density at radius 1 is 1.36 bits per heavy atom. The minimum absolute atomic E-state index is 0.0630. The van der Waals surface area contributed by atoms with E-state index in [1.165, 1.54) is 0 Å². The average molecular weight is 343 g/mol. The second-order valence-corrected chi connectivity index (χ2v) is 6.17. The van der Waals surface area contributed by atoms with Gasteiger partial charge in [-0.25, -0.2) is 4.79 Å². The Balaban J connectivity index is 1.62. The molecule has 0 unspecified atom stereocenters. The van der Waals surface area contributed by atoms with E-state index in [2.05, 4.69) is 10.1 Å². The van der Waals surface area contributed by atoms with Crippen molar-refractivity contribution in [3.8, 4) is 0 Å². The molecule has 0 N–H and O–H groups in total. The fourth-order valence-electron chi connectivity index (χ4n) is 2.96. The summed E-state index contributed by atoms with van der Waals surface area (Å²) in [4.78, 5) is 30.7. The van der Waals surface area contributed by atoms with Gasteiger partial charge in [0.1, 0.15) is 6.04 Å². The van der Waals surface area contributed by atoms with Crippen LogP contribution in [-0.2, 0) is 20.7 Å². The smallest absolute Gasteiger partial charge is 0.329 e. The van der Waals surface area contributed by atoms with E-state index in [1.54, 1.807) is 18.7 Å². The number of aryl methyl sites for hydroxylation is 1. The summed E-state index contributed by atoms with van der Waals surface area (Å²) in [7, 11) is 0. The number of ether oxygens (including phenoxy) is 1. The number of esters is 1. The number of nitrogens with zero attached hydrogens (tertiary/aromatic N) is 3. The molecular weight excluding hydrogens is 322 g/mol. The van der Waals surface area contributed by atoms with Crippen LogP contribution >= 0.6 is 0 Å². The van der Waals surface area contributed by atoms with Gasteiger partial charge in [-0.05, 0) is 32.3 Å². The summed E-state index contributed by atoms with van der Waals surface area (Å²) < 4.78 is 10.5. The largest absolute Gasteiger partial charge is 0.451 e. The summed E-state index contributed by atoms with van der Waals surface area (Å²) in [6.45, 7) is 3.94. The molecule has 1 aliphatic rings. The van der Waals surface area contributed by atoms with E-state index in [9.17, 15) is 9.59 Å². The topological polar surface area (TPSA) is 85.5 Å². The minimum atomic E-state index is -0.639. The third-order valence-electron chi connectivity index (χ3n) is 4.23. The van der Waals surface area contributed by atoms with E-state index in [1.807, 2.05) is 30.3 Å². The molecule has 0 saturated carbocycles. The molecular formula is C18H21N3O4. The van der Waals surface area contributed by atoms with Crippen LogP contribution in [0.25, 0.3) is 0 Å². The molecule has 0 aliphatic carbocycles. The molecule has 1 amide bonds. The molecule has 7 heteroatoms. The number of amides is 1. The van der Waals surface area contributed by atoms with Gasteiger partial charge in [-0.15, -0.1) is 0 Å². The van der Waals surface area contributed by atoms with Crippen molar-refractivity contribution in [2.75, 3.05) is 6.54 Å². The fraction of sp³-hybridized carbons (Fsp3) is 0.444. The van der Waals surface area contributed by atoms with Crippen LogP contribution in [0.1, 0.15) is 43.1 Å². The summed E-state index contributed by atoms with van der Waals surface area (Å²) >= 11 is 0. The Kier molecular flexibility index (Phi) is 5.11. The highest BCUT2D eigenvalue weighted by atomic mass is 16.6. The van der Waals surface area contributed by atoms with Gasteiger partial charge in [-0.2, -0.15) is 4.98 Å². The van der Waals surface area contributed by atoms with Crippen molar-refractivity contribution in [3.05, 3.63) is 47.6 Å². The third kappa shape index (κ3) is 4.04. The number of benzene rings is 1. The molecule has 2 aromatic rings. The summed E-state index contributed by atoms with van der Waals surface area (Å²) in [5.41, 5.74) is 0.932. The van der Waals surface area contributed by atoms with Crippen LogP contribution in [0, 0.1) is 6.92 Å². The average Bonchev–Trinajstić information content (AvgIpc) is 3.24. The lowest BCUT2D eigenvalue weighted by Crippen LogP contribution is -2.42. The van der Waals surface area contributed by atoms with Crippen molar-refractivity contribution < 1.29 is 18.8 Å². The predicted molar refractivity (Wildman–Crippen MR) is 88.4 cm³/mol. The number of aromatic nitrogens is 2. The molecule has 1 aromatic heterocycles. The Morgan fingerprint density at radius 2 is 2.12 bits per heavy atom. The molecule has 2 atom stereocenters. The molecule has 0 spiro atoms. The van der Waals surface area contributed by atoms with Crippen molar-refractivity contribution in [2.45, 2.75) is 45.3 Å².